The lowest BCUT2D eigenvalue weighted by Gasteiger charge is -2.33. The molecule has 32 heavy (non-hydrogen) atoms. The van der Waals surface area contributed by atoms with Crippen molar-refractivity contribution in [3.63, 3.8) is 0 Å². The number of hydrogen-bond acceptors (Lipinski definition) is 6. The Labute approximate surface area is 186 Å². The lowest BCUT2D eigenvalue weighted by molar-refractivity contribution is -0.134. The number of hydrogen-bond donors (Lipinski definition) is 2. The second-order valence-corrected chi connectivity index (χ2v) is 8.09. The number of nitrogens with one attached hydrogen (secondary N) is 1. The minimum atomic E-state index is -0.708. The summed E-state index contributed by atoms with van der Waals surface area (Å²) >= 11 is 0. The number of carbonyl (C=O) groups excluding carboxylic acids is 1. The molecule has 9 heteroatoms. The van der Waals surface area contributed by atoms with E-state index in [1.54, 1.807) is 42.6 Å². The highest BCUT2D eigenvalue weighted by Gasteiger charge is 2.24. The SMILES string of the molecule is COCc1c[nH]c2nccc(Oc3ccc(C[C@H](N)C(=O)N4CCN(C)CC4)cc3F)c12. The van der Waals surface area contributed by atoms with Gasteiger partial charge < -0.3 is 30.0 Å². The molecule has 2 aromatic heterocycles. The summed E-state index contributed by atoms with van der Waals surface area (Å²) in [7, 11) is 3.63. The second kappa shape index (κ2) is 9.64. The molecule has 0 aliphatic carbocycles. The highest BCUT2D eigenvalue weighted by Crippen LogP contribution is 2.33. The average molecular weight is 442 g/mol. The van der Waals surface area contributed by atoms with Gasteiger partial charge in [0.05, 0.1) is 18.0 Å². The van der Waals surface area contributed by atoms with E-state index in [9.17, 15) is 9.18 Å². The standard InChI is InChI=1S/C23H28FN5O3/c1-28-7-9-29(10-8-28)23(30)18(25)12-15-3-4-19(17(24)11-15)32-20-5-6-26-22-21(20)16(13-27-22)14-31-2/h3-6,11,13,18H,7-10,12,14,25H2,1-2H3,(H,26,27)/t18-/m0/s1. The van der Waals surface area contributed by atoms with Gasteiger partial charge in [-0.05, 0) is 37.2 Å². The fourth-order valence-corrected chi connectivity index (χ4v) is 3.92. The number of halogens is 1. The number of piperazine rings is 1. The molecular weight excluding hydrogens is 413 g/mol. The van der Waals surface area contributed by atoms with Crippen molar-refractivity contribution in [2.75, 3.05) is 40.3 Å². The van der Waals surface area contributed by atoms with Crippen LogP contribution in [0.15, 0.2) is 36.7 Å². The number of ether oxygens (including phenoxy) is 2. The molecule has 1 aliphatic heterocycles. The average Bonchev–Trinajstić information content (AvgIpc) is 3.20. The molecular formula is C23H28FN5O3. The number of pyridine rings is 1. The minimum Gasteiger partial charge on any atom is -0.453 e. The zero-order valence-electron chi connectivity index (χ0n) is 18.3. The van der Waals surface area contributed by atoms with Gasteiger partial charge in [0.2, 0.25) is 5.91 Å². The maximum Gasteiger partial charge on any atom is 0.239 e. The molecule has 1 aromatic carbocycles. The first-order chi connectivity index (χ1) is 15.5. The van der Waals surface area contributed by atoms with E-state index in [-0.39, 0.29) is 18.1 Å². The Morgan fingerprint density at radius 1 is 1.25 bits per heavy atom. The number of likely N-dealkylation sites (N-methyl/N-ethyl adjacent to an activating group) is 1. The molecule has 1 fully saturated rings. The van der Waals surface area contributed by atoms with Crippen LogP contribution in [0.1, 0.15) is 11.1 Å². The van der Waals surface area contributed by atoms with Crippen LogP contribution in [0.5, 0.6) is 11.5 Å². The number of nitrogens with zero attached hydrogens (tertiary/aromatic N) is 3. The lowest BCUT2D eigenvalue weighted by atomic mass is 10.0. The second-order valence-electron chi connectivity index (χ2n) is 8.09. The van der Waals surface area contributed by atoms with E-state index in [1.165, 1.54) is 6.07 Å². The number of methoxy groups -OCH3 is 1. The summed E-state index contributed by atoms with van der Waals surface area (Å²) in [6, 6.07) is 5.65. The number of benzene rings is 1. The van der Waals surface area contributed by atoms with E-state index in [0.717, 1.165) is 24.0 Å². The Morgan fingerprint density at radius 3 is 2.75 bits per heavy atom. The van der Waals surface area contributed by atoms with Crippen LogP contribution in [0, 0.1) is 5.82 Å². The highest BCUT2D eigenvalue weighted by molar-refractivity contribution is 5.86. The number of rotatable bonds is 7. The van der Waals surface area contributed by atoms with Crippen LogP contribution in [0.3, 0.4) is 0 Å². The first-order valence-electron chi connectivity index (χ1n) is 10.6. The van der Waals surface area contributed by atoms with Gasteiger partial charge in [0.25, 0.3) is 0 Å². The van der Waals surface area contributed by atoms with Crippen molar-refractivity contribution in [1.29, 1.82) is 0 Å². The van der Waals surface area contributed by atoms with Crippen LogP contribution in [-0.2, 0) is 22.6 Å². The number of nitrogens with two attached hydrogens (primary N) is 1. The zero-order valence-corrected chi connectivity index (χ0v) is 18.3. The maximum absolute atomic E-state index is 14.8. The van der Waals surface area contributed by atoms with Gasteiger partial charge in [0.1, 0.15) is 11.4 Å². The highest BCUT2D eigenvalue weighted by atomic mass is 19.1. The first kappa shape index (κ1) is 22.2. The summed E-state index contributed by atoms with van der Waals surface area (Å²) in [5.41, 5.74) is 8.30. The fourth-order valence-electron chi connectivity index (χ4n) is 3.92. The van der Waals surface area contributed by atoms with Crippen molar-refractivity contribution in [3.8, 4) is 11.5 Å². The Bertz CT molecular complexity index is 1090. The molecule has 1 amide bonds. The van der Waals surface area contributed by atoms with E-state index in [1.807, 2.05) is 7.05 Å². The largest absolute Gasteiger partial charge is 0.453 e. The molecule has 0 radical (unpaired) electrons. The van der Waals surface area contributed by atoms with E-state index in [4.69, 9.17) is 15.2 Å². The van der Waals surface area contributed by atoms with Crippen molar-refractivity contribution in [2.45, 2.75) is 19.1 Å². The molecule has 1 atom stereocenters. The number of H-pyrrole nitrogens is 1. The first-order valence-corrected chi connectivity index (χ1v) is 10.6. The van der Waals surface area contributed by atoms with Crippen molar-refractivity contribution < 1.29 is 18.7 Å². The van der Waals surface area contributed by atoms with Crippen LogP contribution in [0.25, 0.3) is 11.0 Å². The van der Waals surface area contributed by atoms with Crippen LogP contribution in [0.2, 0.25) is 0 Å². The van der Waals surface area contributed by atoms with Gasteiger partial charge in [-0.25, -0.2) is 9.37 Å². The molecule has 3 N–H and O–H groups in total. The zero-order chi connectivity index (χ0) is 22.7. The molecule has 0 bridgehead atoms. The van der Waals surface area contributed by atoms with E-state index in [2.05, 4.69) is 14.9 Å². The van der Waals surface area contributed by atoms with Crippen molar-refractivity contribution in [2.24, 2.45) is 5.73 Å². The summed E-state index contributed by atoms with van der Waals surface area (Å²) in [6.07, 6.45) is 3.66. The Hall–Kier alpha value is -3.01. The van der Waals surface area contributed by atoms with Crippen LogP contribution < -0.4 is 10.5 Å². The Morgan fingerprint density at radius 2 is 2.03 bits per heavy atom. The van der Waals surface area contributed by atoms with E-state index < -0.39 is 11.9 Å². The predicted octanol–water partition coefficient (Wildman–Crippen LogP) is 2.28. The van der Waals surface area contributed by atoms with E-state index in [0.29, 0.717) is 36.7 Å². The molecule has 8 nitrogen and oxygen atoms in total. The molecule has 170 valence electrons. The molecule has 3 heterocycles. The molecule has 3 aromatic rings. The molecule has 0 spiro atoms. The van der Waals surface area contributed by atoms with Crippen LogP contribution >= 0.6 is 0 Å². The Kier molecular flexibility index (Phi) is 6.69. The van der Waals surface area contributed by atoms with Gasteiger partial charge in [-0.2, -0.15) is 0 Å². The lowest BCUT2D eigenvalue weighted by Crippen LogP contribution is -2.52. The van der Waals surface area contributed by atoms with Crippen molar-refractivity contribution in [1.82, 2.24) is 19.8 Å². The fraction of sp³-hybridized carbons (Fsp3) is 0.391. The van der Waals surface area contributed by atoms with Crippen molar-refractivity contribution >= 4 is 16.9 Å². The summed E-state index contributed by atoms with van der Waals surface area (Å²) in [5, 5.41) is 0.748. The maximum atomic E-state index is 14.8. The third kappa shape index (κ3) is 4.74. The number of carbonyl (C=O) groups is 1. The van der Waals surface area contributed by atoms with Crippen molar-refractivity contribution in [3.05, 3.63) is 53.6 Å². The normalized spacial score (nSPS) is 15.8. The van der Waals surface area contributed by atoms with E-state index >= 15 is 0 Å². The minimum absolute atomic E-state index is 0.0878. The summed E-state index contributed by atoms with van der Waals surface area (Å²) in [4.78, 5) is 23.9. The third-order valence-electron chi connectivity index (χ3n) is 5.72. The summed E-state index contributed by atoms with van der Waals surface area (Å²) in [5.74, 6) is -0.0478. The van der Waals surface area contributed by atoms with Gasteiger partial charge >= 0.3 is 0 Å². The Balaban J connectivity index is 1.46. The quantitative estimate of drug-likeness (QED) is 0.584. The number of aromatic amines is 1. The van der Waals surface area contributed by atoms with Gasteiger partial charge in [-0.3, -0.25) is 4.79 Å². The number of amides is 1. The van der Waals surface area contributed by atoms with Gasteiger partial charge in [0.15, 0.2) is 11.6 Å². The predicted molar refractivity (Wildman–Crippen MR) is 119 cm³/mol. The van der Waals surface area contributed by atoms with Crippen LogP contribution in [0.4, 0.5) is 4.39 Å². The number of fused-ring (bicyclic) bond motifs is 1. The monoisotopic (exact) mass is 441 g/mol. The topological polar surface area (TPSA) is 96.7 Å². The molecule has 4 rings (SSSR count). The molecule has 1 saturated heterocycles. The number of aromatic nitrogens is 2. The molecule has 1 aliphatic rings. The molecule has 0 saturated carbocycles. The molecule has 0 unspecified atom stereocenters. The van der Waals surface area contributed by atoms with Gasteiger partial charge in [-0.15, -0.1) is 0 Å². The van der Waals surface area contributed by atoms with Crippen LogP contribution in [-0.4, -0.2) is 72.1 Å². The van der Waals surface area contributed by atoms with Gasteiger partial charge in [0, 0.05) is 51.2 Å². The van der Waals surface area contributed by atoms with Gasteiger partial charge in [-0.1, -0.05) is 6.07 Å². The smallest absolute Gasteiger partial charge is 0.239 e. The summed E-state index contributed by atoms with van der Waals surface area (Å²) < 4.78 is 25.9. The third-order valence-corrected chi connectivity index (χ3v) is 5.72. The summed E-state index contributed by atoms with van der Waals surface area (Å²) in [6.45, 7) is 3.36.